The van der Waals surface area contributed by atoms with Gasteiger partial charge >= 0.3 is 0 Å². The molecule has 4 aromatic rings. The molecule has 0 aliphatic carbocycles. The number of rotatable bonds is 5. The molecular weight excluding hydrogens is 559 g/mol. The number of fused-ring (bicyclic) bond motifs is 5. The molecule has 1 aromatic carbocycles. The molecule has 1 fully saturated rings. The number of pyridine rings is 3. The number of carbonyl (C=O) groups excluding carboxylic acids is 1. The van der Waals surface area contributed by atoms with Crippen LogP contribution in [0.3, 0.4) is 0 Å². The highest BCUT2D eigenvalue weighted by atomic mass is 19.1. The first-order valence-corrected chi connectivity index (χ1v) is 14.4. The highest BCUT2D eigenvalue weighted by Crippen LogP contribution is 2.45. The minimum absolute atomic E-state index is 0.00678. The van der Waals surface area contributed by atoms with Gasteiger partial charge in [0.15, 0.2) is 11.5 Å². The van der Waals surface area contributed by atoms with E-state index in [0.717, 1.165) is 12.5 Å². The highest BCUT2D eigenvalue weighted by Gasteiger charge is 2.44. The number of carbonyl (C=O) groups is 1. The Kier molecular flexibility index (Phi) is 7.14. The van der Waals surface area contributed by atoms with Gasteiger partial charge in [-0.2, -0.15) is 0 Å². The zero-order chi connectivity index (χ0) is 30.7. The van der Waals surface area contributed by atoms with Gasteiger partial charge in [0.1, 0.15) is 35.7 Å². The Bertz CT molecular complexity index is 1820. The van der Waals surface area contributed by atoms with Gasteiger partial charge in [0.2, 0.25) is 5.91 Å². The fraction of sp³-hybridized carbons (Fsp3) is 0.375. The number of hydrogen-bond donors (Lipinski definition) is 1. The molecule has 1 N–H and O–H groups in total. The molecule has 1 saturated heterocycles. The van der Waals surface area contributed by atoms with Gasteiger partial charge in [-0.1, -0.05) is 26.8 Å². The number of nitrogens with zero attached hydrogens (tertiary/aromatic N) is 5. The number of aromatic hydroxyl groups is 1. The first-order chi connectivity index (χ1) is 20.5. The zero-order valence-electron chi connectivity index (χ0n) is 24.4. The Morgan fingerprint density at radius 3 is 2.53 bits per heavy atom. The van der Waals surface area contributed by atoms with Crippen LogP contribution in [-0.4, -0.2) is 51.4 Å². The first-order valence-electron chi connectivity index (χ1n) is 14.4. The van der Waals surface area contributed by atoms with E-state index >= 15 is 8.78 Å². The second-order valence-corrected chi connectivity index (χ2v) is 11.7. The third-order valence-corrected chi connectivity index (χ3v) is 8.44. The summed E-state index contributed by atoms with van der Waals surface area (Å²) in [6.45, 7) is 6.84. The number of amides is 1. The third-order valence-electron chi connectivity index (χ3n) is 8.44. The van der Waals surface area contributed by atoms with E-state index in [2.05, 4.69) is 9.97 Å². The molecule has 0 bridgehead atoms. The molecular formula is C32H32F3N5O3. The molecule has 3 aromatic heterocycles. The Hall–Kier alpha value is -4.41. The van der Waals surface area contributed by atoms with E-state index < -0.39 is 46.9 Å². The monoisotopic (exact) mass is 591 g/mol. The predicted octanol–water partition coefficient (Wildman–Crippen LogP) is 5.78. The van der Waals surface area contributed by atoms with Gasteiger partial charge in [-0.3, -0.25) is 19.1 Å². The molecule has 0 unspecified atom stereocenters. The summed E-state index contributed by atoms with van der Waals surface area (Å²) in [5.41, 5.74) is 0.282. The van der Waals surface area contributed by atoms with Crippen LogP contribution in [0.2, 0.25) is 0 Å². The van der Waals surface area contributed by atoms with Crippen LogP contribution in [-0.2, 0) is 4.79 Å². The minimum atomic E-state index is -0.928. The van der Waals surface area contributed by atoms with Crippen molar-refractivity contribution in [3.63, 3.8) is 0 Å². The fourth-order valence-electron chi connectivity index (χ4n) is 6.46. The number of alkyl halides is 1. The highest BCUT2D eigenvalue weighted by molar-refractivity contribution is 6.11. The molecule has 0 spiro atoms. The SMILES string of the molecule is Cc1ccnc(C(C)C)c1-n1c(=O)c2c(c3cc(F)c(-c4c(O)cccc4F)nc31)N1C[C@@H](C)CC[C@@H]1C(=O)N2CCF. The van der Waals surface area contributed by atoms with Crippen molar-refractivity contribution in [3.05, 3.63) is 69.8 Å². The summed E-state index contributed by atoms with van der Waals surface area (Å²) in [4.78, 5) is 40.6. The van der Waals surface area contributed by atoms with Crippen LogP contribution < -0.4 is 15.4 Å². The first kappa shape index (κ1) is 28.7. The standard InChI is InChI=1S/C32H32F3N5O3/c1-16(2)25-27(18(4)10-12-36-25)40-30-19(14-21(35)26(37-30)24-20(34)6-5-7-23(24)41)28-29(32(40)43)38(13-11-33)31(42)22-9-8-17(3)15-39(22)28/h5-7,10,12,14,16-17,22,41H,8-9,11,13,15H2,1-4H3/t17-,22+/m0/s1. The van der Waals surface area contributed by atoms with Crippen molar-refractivity contribution in [2.45, 2.75) is 52.5 Å². The maximum Gasteiger partial charge on any atom is 0.283 e. The summed E-state index contributed by atoms with van der Waals surface area (Å²) in [6, 6.07) is 5.84. The van der Waals surface area contributed by atoms with Crippen molar-refractivity contribution < 1.29 is 23.1 Å². The Balaban J connectivity index is 1.82. The molecule has 0 saturated carbocycles. The largest absolute Gasteiger partial charge is 0.507 e. The van der Waals surface area contributed by atoms with Crippen LogP contribution in [0.25, 0.3) is 28.0 Å². The molecule has 224 valence electrons. The topological polar surface area (TPSA) is 91.6 Å². The van der Waals surface area contributed by atoms with Gasteiger partial charge in [0.25, 0.3) is 5.56 Å². The number of aryl methyl sites for hydroxylation is 1. The second kappa shape index (κ2) is 10.7. The van der Waals surface area contributed by atoms with Crippen LogP contribution in [0.1, 0.15) is 50.8 Å². The van der Waals surface area contributed by atoms with Crippen molar-refractivity contribution in [1.29, 1.82) is 0 Å². The number of phenols is 1. The number of halogens is 3. The van der Waals surface area contributed by atoms with Gasteiger partial charge < -0.3 is 14.9 Å². The maximum absolute atomic E-state index is 16.1. The van der Waals surface area contributed by atoms with Crippen LogP contribution in [0, 0.1) is 24.5 Å². The second-order valence-electron chi connectivity index (χ2n) is 11.7. The van der Waals surface area contributed by atoms with Crippen molar-refractivity contribution in [1.82, 2.24) is 14.5 Å². The molecule has 5 heterocycles. The lowest BCUT2D eigenvalue weighted by atomic mass is 9.90. The van der Waals surface area contributed by atoms with Gasteiger partial charge in [-0.15, -0.1) is 0 Å². The van der Waals surface area contributed by atoms with Crippen LogP contribution in [0.15, 0.2) is 41.3 Å². The summed E-state index contributed by atoms with van der Waals surface area (Å²) in [7, 11) is 0. The van der Waals surface area contributed by atoms with Gasteiger partial charge in [-0.25, -0.2) is 18.2 Å². The Morgan fingerprint density at radius 2 is 1.84 bits per heavy atom. The van der Waals surface area contributed by atoms with E-state index in [1.165, 1.54) is 27.7 Å². The van der Waals surface area contributed by atoms with Gasteiger partial charge in [0, 0.05) is 18.1 Å². The zero-order valence-corrected chi connectivity index (χ0v) is 24.4. The lowest BCUT2D eigenvalue weighted by molar-refractivity contribution is -0.120. The number of anilines is 2. The van der Waals surface area contributed by atoms with Crippen LogP contribution >= 0.6 is 0 Å². The molecule has 2 atom stereocenters. The van der Waals surface area contributed by atoms with Crippen LogP contribution in [0.4, 0.5) is 24.5 Å². The number of phenolic OH excluding ortho intramolecular Hbond substituents is 1. The third kappa shape index (κ3) is 4.44. The Morgan fingerprint density at radius 1 is 1.07 bits per heavy atom. The molecule has 6 rings (SSSR count). The normalized spacial score (nSPS) is 18.4. The smallest absolute Gasteiger partial charge is 0.283 e. The quantitative estimate of drug-likeness (QED) is 0.316. The lowest BCUT2D eigenvalue weighted by Gasteiger charge is -2.47. The summed E-state index contributed by atoms with van der Waals surface area (Å²) >= 11 is 0. The molecule has 43 heavy (non-hydrogen) atoms. The maximum atomic E-state index is 16.1. The molecule has 0 radical (unpaired) electrons. The number of benzene rings is 1. The summed E-state index contributed by atoms with van der Waals surface area (Å²) in [5, 5.41) is 10.7. The molecule has 11 heteroatoms. The van der Waals surface area contributed by atoms with Crippen molar-refractivity contribution >= 4 is 28.3 Å². The number of hydrogen-bond acceptors (Lipinski definition) is 6. The molecule has 1 amide bonds. The van der Waals surface area contributed by atoms with Gasteiger partial charge in [-0.05, 0) is 61.4 Å². The fourth-order valence-corrected chi connectivity index (χ4v) is 6.46. The van der Waals surface area contributed by atoms with Gasteiger partial charge in [0.05, 0.1) is 29.2 Å². The number of piperidine rings is 1. The van der Waals surface area contributed by atoms with Crippen molar-refractivity contribution in [3.8, 4) is 22.7 Å². The minimum Gasteiger partial charge on any atom is -0.507 e. The summed E-state index contributed by atoms with van der Waals surface area (Å²) in [5.74, 6) is -2.69. The molecule has 2 aliphatic rings. The number of aromatic nitrogens is 3. The van der Waals surface area contributed by atoms with E-state index in [0.29, 0.717) is 35.6 Å². The average molecular weight is 592 g/mol. The van der Waals surface area contributed by atoms with E-state index in [1.807, 2.05) is 25.7 Å². The van der Waals surface area contributed by atoms with E-state index in [1.54, 1.807) is 19.2 Å². The molecule has 2 aliphatic heterocycles. The van der Waals surface area contributed by atoms with E-state index in [4.69, 9.17) is 0 Å². The summed E-state index contributed by atoms with van der Waals surface area (Å²) < 4.78 is 46.4. The van der Waals surface area contributed by atoms with Crippen molar-refractivity contribution in [2.75, 3.05) is 29.6 Å². The average Bonchev–Trinajstić information content (AvgIpc) is 2.95. The Labute approximate surface area is 246 Å². The van der Waals surface area contributed by atoms with Crippen LogP contribution in [0.5, 0.6) is 5.75 Å². The summed E-state index contributed by atoms with van der Waals surface area (Å²) in [6.07, 6.45) is 2.87. The predicted molar refractivity (Wildman–Crippen MR) is 159 cm³/mol. The van der Waals surface area contributed by atoms with Crippen molar-refractivity contribution in [2.24, 2.45) is 5.92 Å². The molecule has 8 nitrogen and oxygen atoms in total. The van der Waals surface area contributed by atoms with E-state index in [-0.39, 0.29) is 41.0 Å². The van der Waals surface area contributed by atoms with E-state index in [9.17, 15) is 19.1 Å². The lowest BCUT2D eigenvalue weighted by Crippen LogP contribution is -2.58.